The molecule has 0 saturated carbocycles. The first kappa shape index (κ1) is 20.0. The Morgan fingerprint density at radius 1 is 1.12 bits per heavy atom. The minimum atomic E-state index is -0.542. The summed E-state index contributed by atoms with van der Waals surface area (Å²) < 4.78 is 0. The second kappa shape index (κ2) is 9.39. The lowest BCUT2D eigenvalue weighted by atomic mass is 10.1. The third-order valence-electron chi connectivity index (χ3n) is 4.45. The topological polar surface area (TPSA) is 49.4 Å². The first-order chi connectivity index (χ1) is 12.4. The normalized spacial score (nSPS) is 11.7. The maximum absolute atomic E-state index is 12.9. The summed E-state index contributed by atoms with van der Waals surface area (Å²) >= 11 is 6.18. The average molecular weight is 373 g/mol. The Morgan fingerprint density at radius 2 is 1.77 bits per heavy atom. The fourth-order valence-electron chi connectivity index (χ4n) is 2.77. The van der Waals surface area contributed by atoms with Crippen molar-refractivity contribution in [1.82, 2.24) is 10.2 Å². The molecule has 0 saturated heterocycles. The van der Waals surface area contributed by atoms with Gasteiger partial charge in [-0.15, -0.1) is 0 Å². The molecule has 0 aliphatic carbocycles. The van der Waals surface area contributed by atoms with Crippen molar-refractivity contribution in [2.75, 3.05) is 7.05 Å². The molecule has 1 N–H and O–H groups in total. The highest BCUT2D eigenvalue weighted by molar-refractivity contribution is 6.31. The lowest BCUT2D eigenvalue weighted by Gasteiger charge is -2.28. The van der Waals surface area contributed by atoms with E-state index in [9.17, 15) is 9.59 Å². The number of halogens is 1. The predicted octanol–water partition coefficient (Wildman–Crippen LogP) is 3.74. The Balaban J connectivity index is 2.13. The fourth-order valence-corrected chi connectivity index (χ4v) is 3.00. The van der Waals surface area contributed by atoms with Crippen LogP contribution < -0.4 is 5.32 Å². The molecule has 2 aromatic carbocycles. The number of hydrogen-bond donors (Lipinski definition) is 1. The number of likely N-dealkylation sites (N-methyl/N-ethyl adjacent to an activating group) is 1. The van der Waals surface area contributed by atoms with Crippen LogP contribution in [0.5, 0.6) is 0 Å². The van der Waals surface area contributed by atoms with E-state index in [1.165, 1.54) is 0 Å². The molecule has 4 nitrogen and oxygen atoms in total. The monoisotopic (exact) mass is 372 g/mol. The zero-order valence-electron chi connectivity index (χ0n) is 15.5. The number of carbonyl (C=O) groups excluding carboxylic acids is 2. The molecule has 26 heavy (non-hydrogen) atoms. The van der Waals surface area contributed by atoms with Crippen molar-refractivity contribution in [3.8, 4) is 0 Å². The smallest absolute Gasteiger partial charge is 0.242 e. The van der Waals surface area contributed by atoms with Crippen molar-refractivity contribution in [3.63, 3.8) is 0 Å². The molecule has 2 rings (SSSR count). The highest BCUT2D eigenvalue weighted by Crippen LogP contribution is 2.18. The van der Waals surface area contributed by atoms with Crippen molar-refractivity contribution in [1.29, 1.82) is 0 Å². The minimum Gasteiger partial charge on any atom is -0.357 e. The third kappa shape index (κ3) is 5.33. The molecule has 0 aliphatic rings. The lowest BCUT2D eigenvalue weighted by Crippen LogP contribution is -2.46. The summed E-state index contributed by atoms with van der Waals surface area (Å²) in [5.74, 6) is -0.246. The second-order valence-corrected chi connectivity index (χ2v) is 6.80. The fraction of sp³-hybridized carbons (Fsp3) is 0.333. The lowest BCUT2D eigenvalue weighted by molar-refractivity contribution is -0.140. The van der Waals surface area contributed by atoms with Crippen LogP contribution in [0.25, 0.3) is 0 Å². The number of benzene rings is 2. The number of carbonyl (C=O) groups is 2. The van der Waals surface area contributed by atoms with E-state index in [-0.39, 0.29) is 11.8 Å². The van der Waals surface area contributed by atoms with Crippen molar-refractivity contribution in [3.05, 3.63) is 70.2 Å². The zero-order valence-corrected chi connectivity index (χ0v) is 16.2. The Hall–Kier alpha value is -2.33. The van der Waals surface area contributed by atoms with Crippen LogP contribution in [0.15, 0.2) is 48.5 Å². The van der Waals surface area contributed by atoms with Gasteiger partial charge in [0, 0.05) is 25.0 Å². The largest absolute Gasteiger partial charge is 0.357 e. The Morgan fingerprint density at radius 3 is 2.38 bits per heavy atom. The van der Waals surface area contributed by atoms with Gasteiger partial charge >= 0.3 is 0 Å². The number of hydrogen-bond acceptors (Lipinski definition) is 2. The van der Waals surface area contributed by atoms with Gasteiger partial charge in [-0.05, 0) is 37.5 Å². The molecule has 1 atom stereocenters. The maximum Gasteiger partial charge on any atom is 0.242 e. The first-order valence-corrected chi connectivity index (χ1v) is 9.10. The van der Waals surface area contributed by atoms with E-state index in [1.807, 2.05) is 55.5 Å². The van der Waals surface area contributed by atoms with Crippen LogP contribution >= 0.6 is 11.6 Å². The maximum atomic E-state index is 12.9. The van der Waals surface area contributed by atoms with Gasteiger partial charge < -0.3 is 10.2 Å². The zero-order chi connectivity index (χ0) is 19.1. The van der Waals surface area contributed by atoms with Gasteiger partial charge in [0.2, 0.25) is 11.8 Å². The molecular weight excluding hydrogens is 348 g/mol. The van der Waals surface area contributed by atoms with Crippen molar-refractivity contribution in [2.24, 2.45) is 0 Å². The number of rotatable bonds is 7. The third-order valence-corrected chi connectivity index (χ3v) is 4.82. The number of nitrogens with one attached hydrogen (secondary N) is 1. The van der Waals surface area contributed by atoms with Gasteiger partial charge in [-0.25, -0.2) is 0 Å². The highest BCUT2D eigenvalue weighted by Gasteiger charge is 2.25. The molecule has 0 aliphatic heterocycles. The van der Waals surface area contributed by atoms with Crippen molar-refractivity contribution in [2.45, 2.75) is 39.3 Å². The molecule has 0 spiro atoms. The summed E-state index contributed by atoms with van der Waals surface area (Å²) in [6, 6.07) is 15.0. The minimum absolute atomic E-state index is 0.0680. The Kier molecular flexibility index (Phi) is 7.22. The number of nitrogens with zero attached hydrogens (tertiary/aromatic N) is 1. The molecule has 0 heterocycles. The standard InChI is InChI=1S/C21H25ClN2O2/c1-15-8-10-17(11-9-15)14-24(16(2)21(26)23-3)20(25)13-12-18-6-4-5-7-19(18)22/h4-11,16H,12-14H2,1-3H3,(H,23,26). The molecule has 1 unspecified atom stereocenters. The van der Waals surface area contributed by atoms with Gasteiger partial charge in [-0.1, -0.05) is 59.6 Å². The summed E-state index contributed by atoms with van der Waals surface area (Å²) in [5, 5.41) is 3.28. The van der Waals surface area contributed by atoms with Crippen LogP contribution in [0.3, 0.4) is 0 Å². The molecule has 0 fully saturated rings. The van der Waals surface area contributed by atoms with E-state index in [2.05, 4.69) is 5.32 Å². The van der Waals surface area contributed by atoms with Gasteiger partial charge in [0.15, 0.2) is 0 Å². The van der Waals surface area contributed by atoms with Crippen LogP contribution in [-0.4, -0.2) is 29.8 Å². The Labute approximate surface area is 160 Å². The molecule has 0 aromatic heterocycles. The van der Waals surface area contributed by atoms with Gasteiger partial charge in [-0.2, -0.15) is 0 Å². The summed E-state index contributed by atoms with van der Waals surface area (Å²) in [5.41, 5.74) is 3.09. The summed E-state index contributed by atoms with van der Waals surface area (Å²) in [4.78, 5) is 26.6. The molecule has 138 valence electrons. The van der Waals surface area contributed by atoms with E-state index in [0.29, 0.717) is 24.4 Å². The van der Waals surface area contributed by atoms with Crippen molar-refractivity contribution < 1.29 is 9.59 Å². The Bertz CT molecular complexity index is 759. The van der Waals surface area contributed by atoms with Gasteiger partial charge in [0.25, 0.3) is 0 Å². The summed E-state index contributed by atoms with van der Waals surface area (Å²) in [6.07, 6.45) is 0.848. The van der Waals surface area contributed by atoms with E-state index in [4.69, 9.17) is 11.6 Å². The van der Waals surface area contributed by atoms with Crippen LogP contribution in [0.4, 0.5) is 0 Å². The van der Waals surface area contributed by atoms with Gasteiger partial charge in [0.1, 0.15) is 6.04 Å². The van der Waals surface area contributed by atoms with Crippen LogP contribution in [-0.2, 0) is 22.6 Å². The first-order valence-electron chi connectivity index (χ1n) is 8.72. The van der Waals surface area contributed by atoms with E-state index in [0.717, 1.165) is 16.7 Å². The van der Waals surface area contributed by atoms with Crippen molar-refractivity contribution >= 4 is 23.4 Å². The van der Waals surface area contributed by atoms with Crippen LogP contribution in [0.2, 0.25) is 5.02 Å². The molecule has 2 aromatic rings. The van der Waals surface area contributed by atoms with E-state index < -0.39 is 6.04 Å². The van der Waals surface area contributed by atoms with Gasteiger partial charge in [0.05, 0.1) is 0 Å². The second-order valence-electron chi connectivity index (χ2n) is 6.39. The highest BCUT2D eigenvalue weighted by atomic mass is 35.5. The van der Waals surface area contributed by atoms with Crippen LogP contribution in [0, 0.1) is 6.92 Å². The van der Waals surface area contributed by atoms with Gasteiger partial charge in [-0.3, -0.25) is 9.59 Å². The molecular formula is C21H25ClN2O2. The van der Waals surface area contributed by atoms with E-state index in [1.54, 1.807) is 18.9 Å². The van der Waals surface area contributed by atoms with E-state index >= 15 is 0 Å². The summed E-state index contributed by atoms with van der Waals surface area (Å²) in [7, 11) is 1.58. The number of amides is 2. The predicted molar refractivity (Wildman–Crippen MR) is 105 cm³/mol. The average Bonchev–Trinajstić information content (AvgIpc) is 2.65. The molecule has 5 heteroatoms. The molecule has 0 bridgehead atoms. The molecule has 2 amide bonds. The number of aryl methyl sites for hydroxylation is 2. The quantitative estimate of drug-likeness (QED) is 0.804. The van der Waals surface area contributed by atoms with Crippen LogP contribution in [0.1, 0.15) is 30.0 Å². The molecule has 0 radical (unpaired) electrons. The summed E-state index contributed by atoms with van der Waals surface area (Å²) in [6.45, 7) is 4.17. The SMILES string of the molecule is CNC(=O)C(C)N(Cc1ccc(C)cc1)C(=O)CCc1ccccc1Cl.